The summed E-state index contributed by atoms with van der Waals surface area (Å²) in [5.41, 5.74) is 1.39. The predicted octanol–water partition coefficient (Wildman–Crippen LogP) is 2.94. The fraction of sp³-hybridized carbons (Fsp3) is 0.438. The number of phenolic OH excluding ortho intramolecular Hbond substituents is 1. The molecule has 0 saturated carbocycles. The Labute approximate surface area is 134 Å². The number of phenols is 1. The van der Waals surface area contributed by atoms with Gasteiger partial charge in [-0.3, -0.25) is 4.90 Å². The number of piperazine rings is 1. The summed E-state index contributed by atoms with van der Waals surface area (Å²) in [6, 6.07) is 5.72. The van der Waals surface area contributed by atoms with Crippen LogP contribution >= 0.6 is 15.9 Å². The summed E-state index contributed by atoms with van der Waals surface area (Å²) >= 11 is 3.35. The van der Waals surface area contributed by atoms with Gasteiger partial charge in [-0.2, -0.15) is 5.26 Å². The van der Waals surface area contributed by atoms with E-state index in [0.717, 1.165) is 44.6 Å². The standard InChI is InChI=1S/C16H20BrN3O/c1-2-3-4-15(20-7-5-19-6-8-20)13-9-12(11-18)10-14(17)16(13)21/h2,9-10,15,19,21H,1,3-8H2/t15-/m1/s1. The molecular formula is C16H20BrN3O. The summed E-state index contributed by atoms with van der Waals surface area (Å²) < 4.78 is 0.579. The molecule has 112 valence electrons. The van der Waals surface area contributed by atoms with E-state index in [-0.39, 0.29) is 11.8 Å². The number of rotatable bonds is 5. The molecule has 0 spiro atoms. The molecule has 1 aromatic rings. The van der Waals surface area contributed by atoms with E-state index >= 15 is 0 Å². The lowest BCUT2D eigenvalue weighted by atomic mass is 9.97. The molecular weight excluding hydrogens is 330 g/mol. The van der Waals surface area contributed by atoms with Crippen molar-refractivity contribution in [2.45, 2.75) is 18.9 Å². The first-order valence-corrected chi connectivity index (χ1v) is 7.95. The first-order valence-electron chi connectivity index (χ1n) is 7.15. The number of halogens is 1. The van der Waals surface area contributed by atoms with Gasteiger partial charge in [-0.05, 0) is 40.9 Å². The zero-order chi connectivity index (χ0) is 15.2. The van der Waals surface area contributed by atoms with Crippen molar-refractivity contribution in [2.75, 3.05) is 26.2 Å². The summed E-state index contributed by atoms with van der Waals surface area (Å²) in [6.07, 6.45) is 3.66. The molecule has 0 aromatic heterocycles. The van der Waals surface area contributed by atoms with Crippen molar-refractivity contribution in [3.8, 4) is 11.8 Å². The smallest absolute Gasteiger partial charge is 0.134 e. The molecule has 1 heterocycles. The topological polar surface area (TPSA) is 59.3 Å². The van der Waals surface area contributed by atoms with Gasteiger partial charge in [0, 0.05) is 37.8 Å². The van der Waals surface area contributed by atoms with Crippen molar-refractivity contribution < 1.29 is 5.11 Å². The molecule has 5 heteroatoms. The molecule has 0 amide bonds. The van der Waals surface area contributed by atoms with Crippen LogP contribution in [0.15, 0.2) is 29.3 Å². The van der Waals surface area contributed by atoms with Gasteiger partial charge in [-0.1, -0.05) is 6.08 Å². The zero-order valence-corrected chi connectivity index (χ0v) is 13.6. The lowest BCUT2D eigenvalue weighted by molar-refractivity contribution is 0.163. The van der Waals surface area contributed by atoms with Gasteiger partial charge in [0.05, 0.1) is 16.1 Å². The molecule has 0 aliphatic carbocycles. The van der Waals surface area contributed by atoms with Crippen LogP contribution in [0.25, 0.3) is 0 Å². The second-order valence-electron chi connectivity index (χ2n) is 5.18. The van der Waals surface area contributed by atoms with Crippen molar-refractivity contribution in [1.29, 1.82) is 5.26 Å². The number of hydrogen-bond donors (Lipinski definition) is 2. The Morgan fingerprint density at radius 2 is 2.19 bits per heavy atom. The van der Waals surface area contributed by atoms with Crippen LogP contribution in [0.4, 0.5) is 0 Å². The average Bonchev–Trinajstić information content (AvgIpc) is 2.52. The molecule has 1 aliphatic heterocycles. The SMILES string of the molecule is C=CCC[C@H](c1cc(C#N)cc(Br)c1O)N1CCNCC1. The van der Waals surface area contributed by atoms with Gasteiger partial charge in [0.2, 0.25) is 0 Å². The molecule has 0 radical (unpaired) electrons. The Morgan fingerprint density at radius 3 is 2.81 bits per heavy atom. The molecule has 1 saturated heterocycles. The Balaban J connectivity index is 2.37. The van der Waals surface area contributed by atoms with E-state index in [1.54, 1.807) is 12.1 Å². The number of nitrogens with zero attached hydrogens (tertiary/aromatic N) is 2. The number of benzene rings is 1. The van der Waals surface area contributed by atoms with Crippen molar-refractivity contribution in [3.63, 3.8) is 0 Å². The summed E-state index contributed by atoms with van der Waals surface area (Å²) in [6.45, 7) is 7.57. The molecule has 1 atom stereocenters. The monoisotopic (exact) mass is 349 g/mol. The number of aromatic hydroxyl groups is 1. The third-order valence-corrected chi connectivity index (χ3v) is 4.42. The molecule has 0 bridgehead atoms. The second-order valence-corrected chi connectivity index (χ2v) is 6.03. The van der Waals surface area contributed by atoms with Crippen molar-refractivity contribution in [2.24, 2.45) is 0 Å². The lowest BCUT2D eigenvalue weighted by Gasteiger charge is -2.35. The van der Waals surface area contributed by atoms with E-state index in [1.807, 2.05) is 6.08 Å². The number of hydrogen-bond acceptors (Lipinski definition) is 4. The molecule has 21 heavy (non-hydrogen) atoms. The number of nitriles is 1. The van der Waals surface area contributed by atoms with Crippen LogP contribution in [0.3, 0.4) is 0 Å². The normalized spacial score (nSPS) is 17.1. The van der Waals surface area contributed by atoms with Crippen molar-refractivity contribution in [3.05, 3.63) is 40.4 Å². The largest absolute Gasteiger partial charge is 0.506 e. The number of nitrogens with one attached hydrogen (secondary N) is 1. The van der Waals surface area contributed by atoms with Gasteiger partial charge in [-0.15, -0.1) is 6.58 Å². The van der Waals surface area contributed by atoms with Crippen LogP contribution in [0.1, 0.15) is 30.0 Å². The predicted molar refractivity (Wildman–Crippen MR) is 87.1 cm³/mol. The minimum Gasteiger partial charge on any atom is -0.506 e. The van der Waals surface area contributed by atoms with Gasteiger partial charge in [0.15, 0.2) is 0 Å². The van der Waals surface area contributed by atoms with Gasteiger partial charge in [-0.25, -0.2) is 0 Å². The minimum atomic E-state index is 0.106. The zero-order valence-electron chi connectivity index (χ0n) is 12.0. The quantitative estimate of drug-likeness (QED) is 0.802. The first kappa shape index (κ1) is 16.0. The maximum atomic E-state index is 10.4. The van der Waals surface area contributed by atoms with Crippen molar-refractivity contribution >= 4 is 15.9 Å². The van der Waals surface area contributed by atoms with Gasteiger partial charge in [0.25, 0.3) is 0 Å². The maximum Gasteiger partial charge on any atom is 0.134 e. The highest BCUT2D eigenvalue weighted by Gasteiger charge is 2.25. The molecule has 0 unspecified atom stereocenters. The van der Waals surface area contributed by atoms with Gasteiger partial charge < -0.3 is 10.4 Å². The van der Waals surface area contributed by atoms with Crippen LogP contribution < -0.4 is 5.32 Å². The molecule has 1 aliphatic rings. The fourth-order valence-corrected chi connectivity index (χ4v) is 3.22. The maximum absolute atomic E-state index is 10.4. The molecule has 2 rings (SSSR count). The summed E-state index contributed by atoms with van der Waals surface area (Å²) in [7, 11) is 0. The highest BCUT2D eigenvalue weighted by Crippen LogP contribution is 2.38. The number of allylic oxidation sites excluding steroid dienone is 1. The Kier molecular flexibility index (Phi) is 5.80. The lowest BCUT2D eigenvalue weighted by Crippen LogP contribution is -2.45. The van der Waals surface area contributed by atoms with Crippen LogP contribution in [0.5, 0.6) is 5.75 Å². The third kappa shape index (κ3) is 3.85. The highest BCUT2D eigenvalue weighted by molar-refractivity contribution is 9.10. The van der Waals surface area contributed by atoms with Gasteiger partial charge in [0.1, 0.15) is 5.75 Å². The highest BCUT2D eigenvalue weighted by atomic mass is 79.9. The van der Waals surface area contributed by atoms with Crippen molar-refractivity contribution in [1.82, 2.24) is 10.2 Å². The Hall–Kier alpha value is -1.35. The molecule has 1 aromatic carbocycles. The molecule has 2 N–H and O–H groups in total. The molecule has 1 fully saturated rings. The van der Waals surface area contributed by atoms with Crippen LogP contribution in [0, 0.1) is 11.3 Å². The first-order chi connectivity index (χ1) is 10.2. The second kappa shape index (κ2) is 7.60. The van der Waals surface area contributed by atoms with E-state index < -0.39 is 0 Å². The van der Waals surface area contributed by atoms with Gasteiger partial charge >= 0.3 is 0 Å². The summed E-state index contributed by atoms with van der Waals surface area (Å²) in [4.78, 5) is 2.36. The van der Waals surface area contributed by atoms with E-state index in [9.17, 15) is 5.11 Å². The Bertz CT molecular complexity index is 547. The third-order valence-electron chi connectivity index (χ3n) is 3.82. The average molecular weight is 350 g/mol. The fourth-order valence-electron chi connectivity index (χ4n) is 2.74. The summed E-state index contributed by atoms with van der Waals surface area (Å²) in [5, 5.41) is 22.9. The van der Waals surface area contributed by atoms with E-state index in [4.69, 9.17) is 5.26 Å². The minimum absolute atomic E-state index is 0.106. The van der Waals surface area contributed by atoms with Crippen LogP contribution in [-0.2, 0) is 0 Å². The molecule has 4 nitrogen and oxygen atoms in total. The van der Waals surface area contributed by atoms with E-state index in [2.05, 4.69) is 38.8 Å². The van der Waals surface area contributed by atoms with E-state index in [0.29, 0.717) is 10.0 Å². The van der Waals surface area contributed by atoms with Crippen LogP contribution in [-0.4, -0.2) is 36.2 Å². The summed E-state index contributed by atoms with van der Waals surface area (Å²) in [5.74, 6) is 0.238. The Morgan fingerprint density at radius 1 is 1.48 bits per heavy atom. The van der Waals surface area contributed by atoms with Crippen LogP contribution in [0.2, 0.25) is 0 Å². The van der Waals surface area contributed by atoms with E-state index in [1.165, 1.54) is 0 Å².